The van der Waals surface area contributed by atoms with Crippen molar-refractivity contribution in [3.63, 3.8) is 0 Å². The van der Waals surface area contributed by atoms with Gasteiger partial charge >= 0.3 is 0 Å². The van der Waals surface area contributed by atoms with Gasteiger partial charge in [0.15, 0.2) is 5.13 Å². The number of nitrogens with zero attached hydrogens (tertiary/aromatic N) is 2. The fourth-order valence-electron chi connectivity index (χ4n) is 2.40. The quantitative estimate of drug-likeness (QED) is 0.724. The van der Waals surface area contributed by atoms with Crippen molar-refractivity contribution in [3.8, 4) is 11.8 Å². The number of carbonyl (C=O) groups excluding carboxylic acids is 1. The molecule has 0 spiro atoms. The van der Waals surface area contributed by atoms with E-state index in [-0.39, 0.29) is 5.91 Å². The molecule has 0 aliphatic heterocycles. The average molecular weight is 351 g/mol. The molecule has 3 aromatic rings. The van der Waals surface area contributed by atoms with E-state index in [9.17, 15) is 4.79 Å². The molecule has 0 aliphatic rings. The van der Waals surface area contributed by atoms with Crippen LogP contribution in [0.15, 0.2) is 42.5 Å². The molecule has 25 heavy (non-hydrogen) atoms. The van der Waals surface area contributed by atoms with Crippen LogP contribution in [0.2, 0.25) is 0 Å². The molecule has 1 heterocycles. The van der Waals surface area contributed by atoms with E-state index in [4.69, 9.17) is 10.00 Å². The molecular formula is C19H17N3O2S. The first-order valence-corrected chi connectivity index (χ1v) is 8.82. The number of hydrogen-bond acceptors (Lipinski definition) is 5. The normalized spacial score (nSPS) is 10.4. The van der Waals surface area contributed by atoms with E-state index in [1.54, 1.807) is 12.1 Å². The fraction of sp³-hybridized carbons (Fsp3) is 0.211. The van der Waals surface area contributed by atoms with Crippen molar-refractivity contribution in [2.75, 3.05) is 11.9 Å². The number of carbonyl (C=O) groups is 1. The first-order valence-electron chi connectivity index (χ1n) is 8.00. The van der Waals surface area contributed by atoms with Gasteiger partial charge in [0.2, 0.25) is 5.91 Å². The molecular weight excluding hydrogens is 334 g/mol. The van der Waals surface area contributed by atoms with Crippen LogP contribution in [-0.4, -0.2) is 17.5 Å². The van der Waals surface area contributed by atoms with Gasteiger partial charge in [-0.15, -0.1) is 0 Å². The predicted molar refractivity (Wildman–Crippen MR) is 98.9 cm³/mol. The number of amides is 1. The second kappa shape index (κ2) is 7.77. The maximum absolute atomic E-state index is 12.1. The Hall–Kier alpha value is -2.91. The number of nitriles is 1. The minimum Gasteiger partial charge on any atom is -0.494 e. The van der Waals surface area contributed by atoms with Crippen LogP contribution < -0.4 is 10.1 Å². The summed E-state index contributed by atoms with van der Waals surface area (Å²) in [5, 5.41) is 12.2. The first kappa shape index (κ1) is 16.9. The highest BCUT2D eigenvalue weighted by Crippen LogP contribution is 2.29. The maximum atomic E-state index is 12.1. The van der Waals surface area contributed by atoms with Crippen molar-refractivity contribution < 1.29 is 9.53 Å². The van der Waals surface area contributed by atoms with Crippen LogP contribution in [0, 0.1) is 11.3 Å². The number of thiazole rings is 1. The summed E-state index contributed by atoms with van der Waals surface area (Å²) >= 11 is 1.43. The lowest BCUT2D eigenvalue weighted by Crippen LogP contribution is -2.12. The molecule has 5 nitrogen and oxygen atoms in total. The predicted octanol–water partition coefficient (Wildman–Crippen LogP) is 4.14. The number of rotatable bonds is 6. The monoisotopic (exact) mass is 351 g/mol. The smallest absolute Gasteiger partial charge is 0.226 e. The van der Waals surface area contributed by atoms with E-state index in [0.717, 1.165) is 21.5 Å². The summed E-state index contributed by atoms with van der Waals surface area (Å²) in [5.74, 6) is 0.728. The molecule has 1 amide bonds. The molecule has 0 saturated carbocycles. The first-order chi connectivity index (χ1) is 12.2. The number of benzene rings is 2. The van der Waals surface area contributed by atoms with Gasteiger partial charge < -0.3 is 10.1 Å². The Bertz CT molecular complexity index is 926. The zero-order valence-electron chi connectivity index (χ0n) is 13.8. The summed E-state index contributed by atoms with van der Waals surface area (Å²) in [7, 11) is 0. The Morgan fingerprint density at radius 2 is 2.08 bits per heavy atom. The number of nitrogens with one attached hydrogen (secondary N) is 1. The molecule has 6 heteroatoms. The Kier molecular flexibility index (Phi) is 5.26. The van der Waals surface area contributed by atoms with Crippen molar-refractivity contribution in [2.45, 2.75) is 19.8 Å². The number of aromatic nitrogens is 1. The van der Waals surface area contributed by atoms with Crippen LogP contribution in [0.5, 0.6) is 5.75 Å². The largest absolute Gasteiger partial charge is 0.494 e. The molecule has 0 unspecified atom stereocenters. The SMILES string of the molecule is CCOc1ccc2nc(NC(=O)CCc3ccc(C#N)cc3)sc2c1. The van der Waals surface area contributed by atoms with Gasteiger partial charge in [-0.05, 0) is 49.2 Å². The molecule has 1 aromatic heterocycles. The van der Waals surface area contributed by atoms with Crippen LogP contribution in [0.1, 0.15) is 24.5 Å². The number of anilines is 1. The molecule has 0 aliphatic carbocycles. The Morgan fingerprint density at radius 3 is 2.80 bits per heavy atom. The fourth-order valence-corrected chi connectivity index (χ4v) is 3.31. The molecule has 0 radical (unpaired) electrons. The Labute approximate surface area is 149 Å². The number of ether oxygens (including phenoxy) is 1. The lowest BCUT2D eigenvalue weighted by Gasteiger charge is -2.02. The lowest BCUT2D eigenvalue weighted by atomic mass is 10.1. The molecule has 0 saturated heterocycles. The van der Waals surface area contributed by atoms with Gasteiger partial charge in [0.1, 0.15) is 5.75 Å². The van der Waals surface area contributed by atoms with Crippen molar-refractivity contribution in [3.05, 3.63) is 53.6 Å². The van der Waals surface area contributed by atoms with E-state index >= 15 is 0 Å². The van der Waals surface area contributed by atoms with Crippen molar-refractivity contribution in [1.82, 2.24) is 4.98 Å². The van der Waals surface area contributed by atoms with E-state index in [1.807, 2.05) is 37.3 Å². The highest BCUT2D eigenvalue weighted by molar-refractivity contribution is 7.22. The van der Waals surface area contributed by atoms with Gasteiger partial charge in [0.05, 0.1) is 28.5 Å². The minimum absolute atomic E-state index is 0.0755. The van der Waals surface area contributed by atoms with E-state index in [0.29, 0.717) is 30.1 Å². The van der Waals surface area contributed by atoms with Crippen molar-refractivity contribution >= 4 is 32.6 Å². The molecule has 0 atom stereocenters. The van der Waals surface area contributed by atoms with Gasteiger partial charge in [-0.2, -0.15) is 5.26 Å². The topological polar surface area (TPSA) is 75.0 Å². The second-order valence-electron chi connectivity index (χ2n) is 5.44. The molecule has 126 valence electrons. The highest BCUT2D eigenvalue weighted by Gasteiger charge is 2.09. The molecule has 0 bridgehead atoms. The van der Waals surface area contributed by atoms with Crippen LogP contribution >= 0.6 is 11.3 Å². The molecule has 0 fully saturated rings. The minimum atomic E-state index is -0.0755. The average Bonchev–Trinajstić information content (AvgIpc) is 3.02. The number of hydrogen-bond donors (Lipinski definition) is 1. The third kappa shape index (κ3) is 4.34. The van der Waals surface area contributed by atoms with Gasteiger partial charge in [0, 0.05) is 6.42 Å². The summed E-state index contributed by atoms with van der Waals surface area (Å²) in [6.45, 7) is 2.56. The van der Waals surface area contributed by atoms with Gasteiger partial charge in [0.25, 0.3) is 0 Å². The summed E-state index contributed by atoms with van der Waals surface area (Å²) in [6, 6.07) is 15.1. The third-order valence-corrected chi connectivity index (χ3v) is 4.57. The highest BCUT2D eigenvalue weighted by atomic mass is 32.1. The van der Waals surface area contributed by atoms with E-state index in [1.165, 1.54) is 11.3 Å². The summed E-state index contributed by atoms with van der Waals surface area (Å²) in [5.41, 5.74) is 2.49. The second-order valence-corrected chi connectivity index (χ2v) is 6.47. The van der Waals surface area contributed by atoms with E-state index in [2.05, 4.69) is 16.4 Å². The summed E-state index contributed by atoms with van der Waals surface area (Å²) in [4.78, 5) is 16.6. The zero-order valence-corrected chi connectivity index (χ0v) is 14.6. The van der Waals surface area contributed by atoms with Crippen LogP contribution in [0.25, 0.3) is 10.2 Å². The maximum Gasteiger partial charge on any atom is 0.226 e. The van der Waals surface area contributed by atoms with Gasteiger partial charge in [-0.25, -0.2) is 4.98 Å². The number of fused-ring (bicyclic) bond motifs is 1. The lowest BCUT2D eigenvalue weighted by molar-refractivity contribution is -0.116. The third-order valence-electron chi connectivity index (χ3n) is 3.64. The van der Waals surface area contributed by atoms with Gasteiger partial charge in [-0.1, -0.05) is 23.5 Å². The van der Waals surface area contributed by atoms with Crippen LogP contribution in [0.3, 0.4) is 0 Å². The molecule has 2 aromatic carbocycles. The standard InChI is InChI=1S/C19H17N3O2S/c1-2-24-15-8-9-16-17(11-15)25-19(21-16)22-18(23)10-7-13-3-5-14(12-20)6-4-13/h3-6,8-9,11H,2,7,10H2,1H3,(H,21,22,23). The van der Waals surface area contributed by atoms with Crippen LogP contribution in [-0.2, 0) is 11.2 Å². The van der Waals surface area contributed by atoms with Crippen molar-refractivity contribution in [2.24, 2.45) is 0 Å². The Balaban J connectivity index is 1.60. The number of aryl methyl sites for hydroxylation is 1. The summed E-state index contributed by atoms with van der Waals surface area (Å²) in [6.07, 6.45) is 0.989. The van der Waals surface area contributed by atoms with Gasteiger partial charge in [-0.3, -0.25) is 4.79 Å². The van der Waals surface area contributed by atoms with Crippen LogP contribution in [0.4, 0.5) is 5.13 Å². The zero-order chi connectivity index (χ0) is 17.6. The molecule has 1 N–H and O–H groups in total. The van der Waals surface area contributed by atoms with Crippen molar-refractivity contribution in [1.29, 1.82) is 5.26 Å². The van der Waals surface area contributed by atoms with E-state index < -0.39 is 0 Å². The summed E-state index contributed by atoms with van der Waals surface area (Å²) < 4.78 is 6.46. The Morgan fingerprint density at radius 1 is 1.28 bits per heavy atom. The molecule has 3 rings (SSSR count).